The number of hydrogen-bond donors (Lipinski definition) is 3. The highest BCUT2D eigenvalue weighted by Crippen LogP contribution is 2.32. The zero-order chi connectivity index (χ0) is 25.7. The second kappa shape index (κ2) is 8.55. The Balaban J connectivity index is 1.53. The van der Waals surface area contributed by atoms with Crippen molar-refractivity contribution < 1.29 is 28.5 Å². The summed E-state index contributed by atoms with van der Waals surface area (Å²) in [5.41, 5.74) is -0.0354. The Morgan fingerprint density at radius 3 is 2.56 bits per heavy atom. The third kappa shape index (κ3) is 4.09. The lowest BCUT2D eigenvalue weighted by atomic mass is 9.93. The van der Waals surface area contributed by atoms with Crippen LogP contribution in [0.5, 0.6) is 0 Å². The predicted octanol–water partition coefficient (Wildman–Crippen LogP) is 3.66. The van der Waals surface area contributed by atoms with Gasteiger partial charge in [0.2, 0.25) is 11.9 Å². The minimum absolute atomic E-state index is 0.00329. The molecule has 8 nitrogen and oxygen atoms in total. The molecule has 2 aromatic heterocycles. The Hall–Kier alpha value is -2.92. The number of imidazole rings is 1. The van der Waals surface area contributed by atoms with Crippen LogP contribution in [0.2, 0.25) is 0 Å². The normalized spacial score (nSPS) is 34.6. The van der Waals surface area contributed by atoms with E-state index in [-0.39, 0.29) is 35.7 Å². The van der Waals surface area contributed by atoms with Crippen LogP contribution >= 0.6 is 0 Å². The van der Waals surface area contributed by atoms with Crippen LogP contribution in [0.25, 0.3) is 11.2 Å². The summed E-state index contributed by atoms with van der Waals surface area (Å²) in [5, 5.41) is 15.4. The third-order valence-corrected chi connectivity index (χ3v) is 5.27. The first-order valence-corrected chi connectivity index (χ1v) is 10.0. The van der Waals surface area contributed by atoms with Crippen molar-refractivity contribution in [3.63, 3.8) is 0 Å². The number of rotatable bonds is 5. The molecule has 1 aliphatic carbocycles. The lowest BCUT2D eigenvalue weighted by Crippen LogP contribution is -2.29. The quantitative estimate of drug-likeness (QED) is 0.544. The summed E-state index contributed by atoms with van der Waals surface area (Å²) < 4.78 is 81.6. The van der Waals surface area contributed by atoms with Crippen molar-refractivity contribution in [1.82, 2.24) is 19.5 Å². The minimum atomic E-state index is -1.42. The Bertz CT molecular complexity index is 1240. The summed E-state index contributed by atoms with van der Waals surface area (Å²) in [7, 11) is 0. The number of aliphatic hydroxyl groups excluding tert-OH is 1. The minimum Gasteiger partial charge on any atom is -0.393 e. The molecule has 5 atom stereocenters. The average molecular weight is 452 g/mol. The first-order chi connectivity index (χ1) is 17.2. The number of ether oxygens (including phenoxy) is 1. The van der Waals surface area contributed by atoms with Crippen LogP contribution in [0.15, 0.2) is 18.3 Å². The fourth-order valence-electron chi connectivity index (χ4n) is 3.73. The molecule has 1 saturated carbocycles. The van der Waals surface area contributed by atoms with Crippen LogP contribution in [0.4, 0.5) is 30.8 Å². The summed E-state index contributed by atoms with van der Waals surface area (Å²) in [5.74, 6) is -3.30. The van der Waals surface area contributed by atoms with Crippen LogP contribution in [-0.2, 0) is 4.74 Å². The molecule has 5 unspecified atom stereocenters. The summed E-state index contributed by atoms with van der Waals surface area (Å²) in [4.78, 5) is 13.0. The second-order valence-corrected chi connectivity index (χ2v) is 7.53. The van der Waals surface area contributed by atoms with Gasteiger partial charge in [0.25, 0.3) is 0 Å². The van der Waals surface area contributed by atoms with Crippen molar-refractivity contribution in [1.29, 1.82) is 0 Å². The Kier molecular flexibility index (Phi) is 4.45. The van der Waals surface area contributed by atoms with Crippen molar-refractivity contribution in [2.75, 3.05) is 23.8 Å². The van der Waals surface area contributed by atoms with Gasteiger partial charge >= 0.3 is 0 Å². The zero-order valence-electron chi connectivity index (χ0n) is 20.7. The Morgan fingerprint density at radius 2 is 1.88 bits per heavy atom. The molecule has 2 fully saturated rings. The van der Waals surface area contributed by atoms with Crippen molar-refractivity contribution in [2.24, 2.45) is 0 Å². The molecule has 32 heavy (non-hydrogen) atoms. The standard InChI is InChI=1S/C21H23F3N6O2/c22-11-7-15(23)18(16(24)8-11)28-21-27-17-9-25-20(26-12-1-3-14(31)4-2-12)29-19(17)30(21)13-5-6-32-10-13/h7-9,12-14,31H,1-6,10H2,(H,27,28)(H,25,26,29)/i1D,2D,3D,4D. The largest absolute Gasteiger partial charge is 0.393 e. The average Bonchev–Trinajstić information content (AvgIpc) is 3.48. The van der Waals surface area contributed by atoms with E-state index in [0.717, 1.165) is 0 Å². The molecule has 0 radical (unpaired) electrons. The van der Waals surface area contributed by atoms with E-state index in [1.807, 2.05) is 0 Å². The van der Waals surface area contributed by atoms with Crippen LogP contribution in [0, 0.1) is 17.5 Å². The number of hydrogen-bond acceptors (Lipinski definition) is 7. The number of fused-ring (bicyclic) bond motifs is 1. The van der Waals surface area contributed by atoms with E-state index < -0.39 is 60.9 Å². The summed E-state index contributed by atoms with van der Waals surface area (Å²) in [6.07, 6.45) is -4.49. The van der Waals surface area contributed by atoms with Gasteiger partial charge in [-0.25, -0.2) is 23.1 Å². The first-order valence-electron chi connectivity index (χ1n) is 12.3. The molecule has 0 amide bonds. The fraction of sp³-hybridized carbons (Fsp3) is 0.476. The molecule has 170 valence electrons. The molecule has 11 heteroatoms. The van der Waals surface area contributed by atoms with E-state index in [1.165, 1.54) is 6.20 Å². The Labute approximate surface area is 187 Å². The summed E-state index contributed by atoms with van der Waals surface area (Å²) >= 11 is 0. The van der Waals surface area contributed by atoms with Gasteiger partial charge in [0.15, 0.2) is 17.3 Å². The number of anilines is 3. The monoisotopic (exact) mass is 452 g/mol. The molecule has 3 aromatic rings. The van der Waals surface area contributed by atoms with Crippen LogP contribution in [0.1, 0.15) is 43.5 Å². The van der Waals surface area contributed by atoms with Gasteiger partial charge < -0.3 is 20.5 Å². The SMILES string of the molecule is [2H]C1C([2H])C(Nc2ncc3nc(Nc4c(F)cc(F)cc4F)n(C4CCOC4)c3n2)C([2H])C([2H])C1O. The van der Waals surface area contributed by atoms with E-state index in [1.54, 1.807) is 4.57 Å². The molecule has 3 N–H and O–H groups in total. The molecular weight excluding hydrogens is 425 g/mol. The topological polar surface area (TPSA) is 97.1 Å². The number of nitrogens with one attached hydrogen (secondary N) is 2. The van der Waals surface area contributed by atoms with Gasteiger partial charge in [0.05, 0.1) is 24.9 Å². The maximum Gasteiger partial charge on any atom is 0.224 e. The third-order valence-electron chi connectivity index (χ3n) is 5.27. The van der Waals surface area contributed by atoms with Gasteiger partial charge in [-0.15, -0.1) is 0 Å². The van der Waals surface area contributed by atoms with Gasteiger partial charge in [0, 0.05) is 30.3 Å². The summed E-state index contributed by atoms with van der Waals surface area (Å²) in [6, 6.07) is -0.191. The molecule has 1 aromatic carbocycles. The molecule has 1 aliphatic heterocycles. The molecule has 2 aliphatic rings. The highest BCUT2D eigenvalue weighted by atomic mass is 19.1. The number of halogens is 3. The zero-order valence-corrected chi connectivity index (χ0v) is 16.7. The lowest BCUT2D eigenvalue weighted by molar-refractivity contribution is 0.126. The van der Waals surface area contributed by atoms with E-state index in [9.17, 15) is 18.3 Å². The van der Waals surface area contributed by atoms with Gasteiger partial charge in [-0.3, -0.25) is 4.57 Å². The van der Waals surface area contributed by atoms with E-state index in [0.29, 0.717) is 25.2 Å². The number of benzene rings is 1. The van der Waals surface area contributed by atoms with Gasteiger partial charge in [0.1, 0.15) is 17.0 Å². The highest BCUT2D eigenvalue weighted by molar-refractivity contribution is 5.76. The first kappa shape index (κ1) is 16.7. The van der Waals surface area contributed by atoms with Crippen molar-refractivity contribution in [2.45, 2.75) is 50.2 Å². The maximum absolute atomic E-state index is 14.3. The lowest BCUT2D eigenvalue weighted by Gasteiger charge is -2.26. The second-order valence-electron chi connectivity index (χ2n) is 7.53. The molecular formula is C21H23F3N6O2. The van der Waals surface area contributed by atoms with Crippen LogP contribution in [-0.4, -0.2) is 50.0 Å². The van der Waals surface area contributed by atoms with Gasteiger partial charge in [-0.2, -0.15) is 4.98 Å². The van der Waals surface area contributed by atoms with E-state index in [2.05, 4.69) is 25.6 Å². The van der Waals surface area contributed by atoms with Crippen molar-refractivity contribution in [3.05, 3.63) is 35.8 Å². The maximum atomic E-state index is 14.3. The molecule has 3 heterocycles. The Morgan fingerprint density at radius 1 is 1.12 bits per heavy atom. The fourth-order valence-corrected chi connectivity index (χ4v) is 3.73. The number of nitrogens with zero attached hydrogens (tertiary/aromatic N) is 4. The molecule has 0 bridgehead atoms. The number of aromatic nitrogens is 4. The van der Waals surface area contributed by atoms with E-state index >= 15 is 0 Å². The van der Waals surface area contributed by atoms with Crippen molar-refractivity contribution >= 4 is 28.7 Å². The van der Waals surface area contributed by atoms with Crippen molar-refractivity contribution in [3.8, 4) is 0 Å². The highest BCUT2D eigenvalue weighted by Gasteiger charge is 2.27. The summed E-state index contributed by atoms with van der Waals surface area (Å²) in [6.45, 7) is 0.729. The number of aliphatic hydroxyl groups is 1. The van der Waals surface area contributed by atoms with Crippen LogP contribution < -0.4 is 10.6 Å². The van der Waals surface area contributed by atoms with Gasteiger partial charge in [-0.1, -0.05) is 0 Å². The molecule has 5 rings (SSSR count). The van der Waals surface area contributed by atoms with Gasteiger partial charge in [-0.05, 0) is 32.0 Å². The molecule has 0 spiro atoms. The van der Waals surface area contributed by atoms with E-state index in [4.69, 9.17) is 10.2 Å². The predicted molar refractivity (Wildman–Crippen MR) is 111 cm³/mol. The molecule has 1 saturated heterocycles. The van der Waals surface area contributed by atoms with Crippen LogP contribution in [0.3, 0.4) is 0 Å². The smallest absolute Gasteiger partial charge is 0.224 e.